The Morgan fingerprint density at radius 1 is 1.00 bits per heavy atom. The first-order chi connectivity index (χ1) is 13.0. The van der Waals surface area contributed by atoms with Crippen molar-refractivity contribution >= 4 is 39.1 Å². The number of nitrogens with zero attached hydrogens (tertiary/aromatic N) is 2. The highest BCUT2D eigenvalue weighted by Gasteiger charge is 2.22. The van der Waals surface area contributed by atoms with Crippen LogP contribution < -0.4 is 10.2 Å². The Balaban J connectivity index is 1.88. The second kappa shape index (κ2) is 8.57. The van der Waals surface area contributed by atoms with E-state index in [1.54, 1.807) is 12.1 Å². The topological polar surface area (TPSA) is 52.7 Å². The first-order valence-corrected chi connectivity index (χ1v) is 9.93. The predicted octanol–water partition coefficient (Wildman–Crippen LogP) is 4.39. The van der Waals surface area contributed by atoms with Gasteiger partial charge in [-0.15, -0.1) is 0 Å². The molecule has 0 aliphatic carbocycles. The van der Waals surface area contributed by atoms with Gasteiger partial charge in [-0.25, -0.2) is 0 Å². The zero-order valence-corrected chi connectivity index (χ0v) is 17.3. The van der Waals surface area contributed by atoms with E-state index in [1.165, 1.54) is 6.42 Å². The summed E-state index contributed by atoms with van der Waals surface area (Å²) < 4.78 is 0.733. The molecule has 0 unspecified atom stereocenters. The van der Waals surface area contributed by atoms with Gasteiger partial charge < -0.3 is 15.1 Å². The lowest BCUT2D eigenvalue weighted by Crippen LogP contribution is -2.36. The summed E-state index contributed by atoms with van der Waals surface area (Å²) in [7, 11) is 3.84. The van der Waals surface area contributed by atoms with E-state index < -0.39 is 0 Å². The molecule has 3 rings (SSSR count). The van der Waals surface area contributed by atoms with Gasteiger partial charge in [0.05, 0.1) is 11.1 Å². The van der Waals surface area contributed by atoms with Crippen LogP contribution in [0.2, 0.25) is 0 Å². The number of anilines is 2. The molecule has 2 aromatic carbocycles. The highest BCUT2D eigenvalue weighted by atomic mass is 79.9. The van der Waals surface area contributed by atoms with Gasteiger partial charge in [0.25, 0.3) is 11.8 Å². The molecule has 27 heavy (non-hydrogen) atoms. The highest BCUT2D eigenvalue weighted by molar-refractivity contribution is 9.10. The molecular weight excluding hydrogens is 406 g/mol. The molecule has 1 fully saturated rings. The zero-order chi connectivity index (χ0) is 19.4. The third-order valence-electron chi connectivity index (χ3n) is 4.73. The average Bonchev–Trinajstić information content (AvgIpc) is 2.68. The van der Waals surface area contributed by atoms with Crippen LogP contribution in [0.25, 0.3) is 0 Å². The number of nitrogens with one attached hydrogen (secondary N) is 1. The van der Waals surface area contributed by atoms with Gasteiger partial charge in [-0.3, -0.25) is 9.59 Å². The van der Waals surface area contributed by atoms with E-state index in [2.05, 4.69) is 21.2 Å². The summed E-state index contributed by atoms with van der Waals surface area (Å²) in [5.41, 5.74) is 2.64. The van der Waals surface area contributed by atoms with E-state index in [9.17, 15) is 9.59 Å². The Kier molecular flexibility index (Phi) is 6.16. The zero-order valence-electron chi connectivity index (χ0n) is 15.7. The number of hydrogen-bond acceptors (Lipinski definition) is 3. The smallest absolute Gasteiger partial charge is 0.256 e. The van der Waals surface area contributed by atoms with Gasteiger partial charge in [-0.05, 0) is 65.5 Å². The lowest BCUT2D eigenvalue weighted by molar-refractivity contribution is 0.0724. The van der Waals surface area contributed by atoms with E-state index in [0.29, 0.717) is 16.8 Å². The van der Waals surface area contributed by atoms with Crippen molar-refractivity contribution in [2.75, 3.05) is 37.4 Å². The molecule has 1 heterocycles. The number of rotatable bonds is 4. The van der Waals surface area contributed by atoms with E-state index in [-0.39, 0.29) is 11.8 Å². The fraction of sp³-hybridized carbons (Fsp3) is 0.333. The first-order valence-electron chi connectivity index (χ1n) is 9.14. The summed E-state index contributed by atoms with van der Waals surface area (Å²) in [4.78, 5) is 29.5. The molecule has 5 nitrogen and oxygen atoms in total. The molecular formula is C21H24BrN3O2. The van der Waals surface area contributed by atoms with Crippen molar-refractivity contribution in [3.05, 3.63) is 58.1 Å². The van der Waals surface area contributed by atoms with E-state index in [1.807, 2.05) is 54.2 Å². The van der Waals surface area contributed by atoms with E-state index in [0.717, 1.165) is 36.1 Å². The van der Waals surface area contributed by atoms with Crippen LogP contribution in [0.4, 0.5) is 11.4 Å². The lowest BCUT2D eigenvalue weighted by atomic mass is 10.1. The van der Waals surface area contributed by atoms with Crippen molar-refractivity contribution < 1.29 is 9.59 Å². The Morgan fingerprint density at radius 2 is 1.70 bits per heavy atom. The monoisotopic (exact) mass is 429 g/mol. The molecule has 0 spiro atoms. The summed E-state index contributed by atoms with van der Waals surface area (Å²) >= 11 is 3.40. The van der Waals surface area contributed by atoms with Crippen molar-refractivity contribution in [2.24, 2.45) is 0 Å². The maximum absolute atomic E-state index is 13.1. The minimum atomic E-state index is -0.212. The molecule has 0 radical (unpaired) electrons. The SMILES string of the molecule is CN(C)c1ccc(NC(=O)c2ccccc2Br)cc1C(=O)N1CCCCC1. The van der Waals surface area contributed by atoms with Gasteiger partial charge >= 0.3 is 0 Å². The molecule has 1 saturated heterocycles. The van der Waals surface area contributed by atoms with Gasteiger partial charge in [0.15, 0.2) is 0 Å². The molecule has 2 amide bonds. The van der Waals surface area contributed by atoms with Gasteiger partial charge in [0, 0.05) is 43.0 Å². The van der Waals surface area contributed by atoms with Gasteiger partial charge in [0.2, 0.25) is 0 Å². The fourth-order valence-corrected chi connectivity index (χ4v) is 3.75. The van der Waals surface area contributed by atoms with Gasteiger partial charge in [-0.2, -0.15) is 0 Å². The Hall–Kier alpha value is -2.34. The molecule has 2 aromatic rings. The van der Waals surface area contributed by atoms with Crippen LogP contribution in [0.1, 0.15) is 40.0 Å². The van der Waals surface area contributed by atoms with Crippen LogP contribution >= 0.6 is 15.9 Å². The van der Waals surface area contributed by atoms with Crippen molar-refractivity contribution in [1.82, 2.24) is 4.90 Å². The number of carbonyl (C=O) groups is 2. The summed E-state index contributed by atoms with van der Waals surface area (Å²) in [5.74, 6) is -0.188. The molecule has 0 atom stereocenters. The van der Waals surface area contributed by atoms with Gasteiger partial charge in [-0.1, -0.05) is 12.1 Å². The molecule has 1 N–H and O–H groups in total. The molecule has 1 aliphatic heterocycles. The quantitative estimate of drug-likeness (QED) is 0.783. The van der Waals surface area contributed by atoms with Gasteiger partial charge in [0.1, 0.15) is 0 Å². The van der Waals surface area contributed by atoms with Crippen LogP contribution in [0.3, 0.4) is 0 Å². The number of benzene rings is 2. The third kappa shape index (κ3) is 4.50. The molecule has 142 valence electrons. The third-order valence-corrected chi connectivity index (χ3v) is 5.42. The van der Waals surface area contributed by atoms with E-state index >= 15 is 0 Å². The average molecular weight is 430 g/mol. The minimum Gasteiger partial charge on any atom is -0.377 e. The predicted molar refractivity (Wildman–Crippen MR) is 113 cm³/mol. The summed E-state index contributed by atoms with van der Waals surface area (Å²) in [6.45, 7) is 1.58. The summed E-state index contributed by atoms with van der Waals surface area (Å²) in [6.07, 6.45) is 3.26. The number of piperidine rings is 1. The van der Waals surface area contributed by atoms with Crippen LogP contribution in [0.5, 0.6) is 0 Å². The van der Waals surface area contributed by atoms with Crippen molar-refractivity contribution in [3.8, 4) is 0 Å². The Bertz CT molecular complexity index is 845. The van der Waals surface area contributed by atoms with Crippen molar-refractivity contribution in [2.45, 2.75) is 19.3 Å². The number of hydrogen-bond donors (Lipinski definition) is 1. The van der Waals surface area contributed by atoms with Crippen LogP contribution in [-0.2, 0) is 0 Å². The number of halogens is 1. The normalized spacial score (nSPS) is 14.0. The summed E-state index contributed by atoms with van der Waals surface area (Å²) in [6, 6.07) is 12.8. The fourth-order valence-electron chi connectivity index (χ4n) is 3.29. The number of carbonyl (C=O) groups excluding carboxylic acids is 2. The Morgan fingerprint density at radius 3 is 2.37 bits per heavy atom. The van der Waals surface area contributed by atoms with Crippen LogP contribution in [0.15, 0.2) is 46.9 Å². The summed E-state index contributed by atoms with van der Waals surface area (Å²) in [5, 5.41) is 2.91. The molecule has 0 bridgehead atoms. The molecule has 0 saturated carbocycles. The largest absolute Gasteiger partial charge is 0.377 e. The lowest BCUT2D eigenvalue weighted by Gasteiger charge is -2.28. The number of amides is 2. The van der Waals surface area contributed by atoms with Crippen LogP contribution in [-0.4, -0.2) is 43.9 Å². The maximum Gasteiger partial charge on any atom is 0.256 e. The first kappa shape index (κ1) is 19.4. The van der Waals surface area contributed by atoms with E-state index in [4.69, 9.17) is 0 Å². The van der Waals surface area contributed by atoms with Crippen LogP contribution in [0, 0.1) is 0 Å². The second-order valence-corrected chi connectivity index (χ2v) is 7.77. The highest BCUT2D eigenvalue weighted by Crippen LogP contribution is 2.26. The Labute approximate surface area is 168 Å². The standard InChI is InChI=1S/C21H24BrN3O2/c1-24(2)19-11-10-15(23-20(26)16-8-4-5-9-18(16)22)14-17(19)21(27)25-12-6-3-7-13-25/h4-5,8-11,14H,3,6-7,12-13H2,1-2H3,(H,23,26). The van der Waals surface area contributed by atoms with Crippen molar-refractivity contribution in [1.29, 1.82) is 0 Å². The second-order valence-electron chi connectivity index (χ2n) is 6.91. The molecule has 0 aromatic heterocycles. The molecule has 6 heteroatoms. The number of likely N-dealkylation sites (tertiary alicyclic amines) is 1. The maximum atomic E-state index is 13.1. The van der Waals surface area contributed by atoms with Crippen molar-refractivity contribution in [3.63, 3.8) is 0 Å². The minimum absolute atomic E-state index is 0.0235. The molecule has 1 aliphatic rings.